The molecule has 0 unspecified atom stereocenters. The van der Waals surface area contributed by atoms with Gasteiger partial charge in [0, 0.05) is 5.56 Å². The number of Topliss-reactive ketones (excluding diaryl/α,β-unsaturated/α-hetero) is 1. The number of carbonyl (C=O) groups excluding carboxylic acids is 4. The van der Waals surface area contributed by atoms with Crippen LogP contribution >= 0.6 is 0 Å². The maximum atomic E-state index is 12.2. The molecular formula is C18H20N2O5. The number of aryl methyl sites for hydroxylation is 2. The van der Waals surface area contributed by atoms with Gasteiger partial charge in [-0.15, -0.1) is 0 Å². The van der Waals surface area contributed by atoms with Crippen LogP contribution in [0.2, 0.25) is 0 Å². The quantitative estimate of drug-likeness (QED) is 0.493. The van der Waals surface area contributed by atoms with Crippen molar-refractivity contribution in [1.82, 2.24) is 10.2 Å². The largest absolute Gasteiger partial charge is 0.456 e. The van der Waals surface area contributed by atoms with Crippen LogP contribution in [-0.4, -0.2) is 47.3 Å². The maximum Gasteiger partial charge on any atom is 0.326 e. The Morgan fingerprint density at radius 3 is 2.60 bits per heavy atom. The van der Waals surface area contributed by atoms with Crippen LogP contribution in [-0.2, 0) is 27.2 Å². The minimum absolute atomic E-state index is 0.305. The number of fused-ring (bicyclic) bond motifs is 1. The summed E-state index contributed by atoms with van der Waals surface area (Å²) >= 11 is 0. The van der Waals surface area contributed by atoms with Gasteiger partial charge in [-0.2, -0.15) is 0 Å². The lowest BCUT2D eigenvalue weighted by molar-refractivity contribution is -0.146. The first-order valence-electron chi connectivity index (χ1n) is 8.22. The molecule has 2 aliphatic rings. The van der Waals surface area contributed by atoms with E-state index in [-0.39, 0.29) is 5.78 Å². The molecule has 0 aromatic heterocycles. The predicted molar refractivity (Wildman–Crippen MR) is 88.1 cm³/mol. The van der Waals surface area contributed by atoms with Gasteiger partial charge >= 0.3 is 12.0 Å². The summed E-state index contributed by atoms with van der Waals surface area (Å²) in [5, 5.41) is 2.48. The standard InChI is InChI=1S/C18H20N2O5/c1-18(2)16(23)20(17(24)19-18)9-15(22)25-10-14(21)13-7-6-11-4-3-5-12(11)8-13/h6-8H,3-5,9-10H2,1-2H3,(H,19,24). The molecule has 1 aromatic carbocycles. The second kappa shape index (κ2) is 6.31. The first kappa shape index (κ1) is 17.1. The first-order chi connectivity index (χ1) is 11.8. The van der Waals surface area contributed by atoms with Crippen LogP contribution in [0.15, 0.2) is 18.2 Å². The Morgan fingerprint density at radius 1 is 1.20 bits per heavy atom. The summed E-state index contributed by atoms with van der Waals surface area (Å²) in [7, 11) is 0. The Kier molecular flexibility index (Phi) is 4.32. The second-order valence-corrected chi connectivity index (χ2v) is 6.87. The highest BCUT2D eigenvalue weighted by Gasteiger charge is 2.45. The molecule has 3 amide bonds. The van der Waals surface area contributed by atoms with Crippen molar-refractivity contribution >= 4 is 23.7 Å². The number of carbonyl (C=O) groups is 4. The van der Waals surface area contributed by atoms with Crippen molar-refractivity contribution in [2.45, 2.75) is 38.6 Å². The molecule has 1 heterocycles. The average molecular weight is 344 g/mol. The van der Waals surface area contributed by atoms with E-state index < -0.39 is 36.6 Å². The fraction of sp³-hybridized carbons (Fsp3) is 0.444. The van der Waals surface area contributed by atoms with Crippen molar-refractivity contribution in [3.8, 4) is 0 Å². The monoisotopic (exact) mass is 344 g/mol. The molecule has 1 N–H and O–H groups in total. The van der Waals surface area contributed by atoms with Gasteiger partial charge in [-0.25, -0.2) is 4.79 Å². The number of ketones is 1. The van der Waals surface area contributed by atoms with Gasteiger partial charge in [-0.3, -0.25) is 19.3 Å². The number of esters is 1. The van der Waals surface area contributed by atoms with Crippen molar-refractivity contribution in [2.75, 3.05) is 13.2 Å². The third kappa shape index (κ3) is 3.40. The van der Waals surface area contributed by atoms with E-state index >= 15 is 0 Å². The summed E-state index contributed by atoms with van der Waals surface area (Å²) in [6, 6.07) is 4.88. The van der Waals surface area contributed by atoms with Crippen LogP contribution < -0.4 is 5.32 Å². The smallest absolute Gasteiger partial charge is 0.326 e. The topological polar surface area (TPSA) is 92.8 Å². The highest BCUT2D eigenvalue weighted by atomic mass is 16.5. The van der Waals surface area contributed by atoms with Crippen LogP contribution in [0.1, 0.15) is 41.8 Å². The number of urea groups is 1. The van der Waals surface area contributed by atoms with Gasteiger partial charge in [-0.05, 0) is 50.3 Å². The predicted octanol–water partition coefficient (Wildman–Crippen LogP) is 1.23. The van der Waals surface area contributed by atoms with Gasteiger partial charge in [-0.1, -0.05) is 12.1 Å². The van der Waals surface area contributed by atoms with Gasteiger partial charge in [0.05, 0.1) is 0 Å². The van der Waals surface area contributed by atoms with Gasteiger partial charge in [0.1, 0.15) is 12.1 Å². The second-order valence-electron chi connectivity index (χ2n) is 6.87. The van der Waals surface area contributed by atoms with Crippen molar-refractivity contribution in [3.63, 3.8) is 0 Å². The first-order valence-corrected chi connectivity index (χ1v) is 8.22. The molecule has 0 saturated carbocycles. The highest BCUT2D eigenvalue weighted by Crippen LogP contribution is 2.23. The summed E-state index contributed by atoms with van der Waals surface area (Å²) in [5.41, 5.74) is 1.88. The minimum atomic E-state index is -1.04. The summed E-state index contributed by atoms with van der Waals surface area (Å²) in [6.45, 7) is 2.18. The average Bonchev–Trinajstić information content (AvgIpc) is 3.10. The van der Waals surface area contributed by atoms with Gasteiger partial charge in [0.2, 0.25) is 0 Å². The van der Waals surface area contributed by atoms with Crippen LogP contribution in [0.4, 0.5) is 4.79 Å². The molecule has 0 atom stereocenters. The zero-order chi connectivity index (χ0) is 18.2. The molecule has 0 radical (unpaired) electrons. The van der Waals surface area contributed by atoms with E-state index in [1.807, 2.05) is 12.1 Å². The third-order valence-electron chi connectivity index (χ3n) is 4.52. The minimum Gasteiger partial charge on any atom is -0.456 e. The lowest BCUT2D eigenvalue weighted by Crippen LogP contribution is -2.41. The molecule has 3 rings (SSSR count). The summed E-state index contributed by atoms with van der Waals surface area (Å²) in [5.74, 6) is -1.60. The van der Waals surface area contributed by atoms with Gasteiger partial charge in [0.15, 0.2) is 12.4 Å². The van der Waals surface area contributed by atoms with Crippen molar-refractivity contribution in [3.05, 3.63) is 34.9 Å². The third-order valence-corrected chi connectivity index (χ3v) is 4.52. The molecular weight excluding hydrogens is 324 g/mol. The lowest BCUT2D eigenvalue weighted by atomic mass is 10.0. The van der Waals surface area contributed by atoms with E-state index in [0.717, 1.165) is 24.2 Å². The highest BCUT2D eigenvalue weighted by molar-refractivity contribution is 6.08. The number of hydrogen-bond donors (Lipinski definition) is 1. The zero-order valence-electron chi connectivity index (χ0n) is 14.3. The van der Waals surface area contributed by atoms with E-state index in [1.165, 1.54) is 11.1 Å². The molecule has 1 saturated heterocycles. The summed E-state index contributed by atoms with van der Waals surface area (Å²) in [4.78, 5) is 48.6. The molecule has 25 heavy (non-hydrogen) atoms. The Hall–Kier alpha value is -2.70. The summed E-state index contributed by atoms with van der Waals surface area (Å²) < 4.78 is 4.94. The van der Waals surface area contributed by atoms with E-state index in [2.05, 4.69) is 5.32 Å². The number of nitrogens with one attached hydrogen (secondary N) is 1. The number of rotatable bonds is 5. The number of amides is 3. The fourth-order valence-electron chi connectivity index (χ4n) is 3.11. The van der Waals surface area contributed by atoms with Crippen molar-refractivity contribution in [2.24, 2.45) is 0 Å². The number of benzene rings is 1. The van der Waals surface area contributed by atoms with E-state index in [0.29, 0.717) is 5.56 Å². The molecule has 0 spiro atoms. The Bertz CT molecular complexity index is 769. The molecule has 1 aliphatic heterocycles. The maximum absolute atomic E-state index is 12.2. The molecule has 7 heteroatoms. The van der Waals surface area contributed by atoms with Gasteiger partial charge < -0.3 is 10.1 Å². The Labute approximate surface area is 145 Å². The molecule has 7 nitrogen and oxygen atoms in total. The summed E-state index contributed by atoms with van der Waals surface area (Å²) in [6.07, 6.45) is 3.07. The number of ether oxygens (including phenoxy) is 1. The van der Waals surface area contributed by atoms with Gasteiger partial charge in [0.25, 0.3) is 5.91 Å². The molecule has 0 bridgehead atoms. The van der Waals surface area contributed by atoms with Crippen molar-refractivity contribution in [1.29, 1.82) is 0 Å². The lowest BCUT2D eigenvalue weighted by Gasteiger charge is -2.15. The number of hydrogen-bond acceptors (Lipinski definition) is 5. The SMILES string of the molecule is CC1(C)NC(=O)N(CC(=O)OCC(=O)c2ccc3c(c2)CCC3)C1=O. The Morgan fingerprint density at radius 2 is 1.92 bits per heavy atom. The van der Waals surface area contributed by atoms with Crippen molar-refractivity contribution < 1.29 is 23.9 Å². The van der Waals surface area contributed by atoms with E-state index in [1.54, 1.807) is 19.9 Å². The van der Waals surface area contributed by atoms with Crippen LogP contribution in [0.25, 0.3) is 0 Å². The zero-order valence-corrected chi connectivity index (χ0v) is 14.3. The normalized spacial score (nSPS) is 18.1. The molecule has 132 valence electrons. The number of nitrogens with zero attached hydrogens (tertiary/aromatic N) is 1. The molecule has 1 fully saturated rings. The molecule has 1 aromatic rings. The van der Waals surface area contributed by atoms with E-state index in [4.69, 9.17) is 4.74 Å². The van der Waals surface area contributed by atoms with Crippen LogP contribution in [0.5, 0.6) is 0 Å². The van der Waals surface area contributed by atoms with E-state index in [9.17, 15) is 19.2 Å². The van der Waals surface area contributed by atoms with Crippen LogP contribution in [0.3, 0.4) is 0 Å². The number of imide groups is 1. The van der Waals surface area contributed by atoms with Crippen LogP contribution in [0, 0.1) is 0 Å². The molecule has 1 aliphatic carbocycles. The Balaban J connectivity index is 1.55. The fourth-order valence-corrected chi connectivity index (χ4v) is 3.11.